The summed E-state index contributed by atoms with van der Waals surface area (Å²) in [5, 5.41) is 20.9. The zero-order chi connectivity index (χ0) is 32.6. The molecule has 2 heterocycles. The minimum absolute atomic E-state index is 0.000979. The summed E-state index contributed by atoms with van der Waals surface area (Å²) in [6.45, 7) is 0.449. The van der Waals surface area contributed by atoms with Crippen LogP contribution in [0.1, 0.15) is 11.1 Å². The molecule has 0 atom stereocenters. The zero-order valence-corrected chi connectivity index (χ0v) is 25.7. The summed E-state index contributed by atoms with van der Waals surface area (Å²) >= 11 is 0. The number of hydrogen-bond donors (Lipinski definition) is 2. The Morgan fingerprint density at radius 1 is 0.872 bits per heavy atom. The lowest BCUT2D eigenvalue weighted by atomic mass is 10.1. The third kappa shape index (κ3) is 7.21. The van der Waals surface area contributed by atoms with Crippen molar-refractivity contribution in [1.82, 2.24) is 20.1 Å². The lowest BCUT2D eigenvalue weighted by molar-refractivity contribution is -0.116. The average Bonchev–Trinajstić information content (AvgIpc) is 3.45. The molecule has 0 saturated carbocycles. The van der Waals surface area contributed by atoms with E-state index in [9.17, 15) is 10.1 Å². The molecular weight excluding hydrogens is 592 g/mol. The fourth-order valence-electron chi connectivity index (χ4n) is 4.88. The van der Waals surface area contributed by atoms with Crippen molar-refractivity contribution in [3.05, 3.63) is 132 Å². The van der Waals surface area contributed by atoms with Gasteiger partial charge in [-0.1, -0.05) is 42.5 Å². The maximum atomic E-state index is 12.1. The van der Waals surface area contributed by atoms with E-state index in [0.717, 1.165) is 17.1 Å². The average molecular weight is 623 g/mol. The number of carbonyl (C=O) groups is 1. The number of benzene rings is 4. The van der Waals surface area contributed by atoms with Gasteiger partial charge in [-0.15, -0.1) is 0 Å². The molecule has 0 aliphatic rings. The molecule has 0 unspecified atom stereocenters. The van der Waals surface area contributed by atoms with E-state index in [4.69, 9.17) is 19.3 Å². The van der Waals surface area contributed by atoms with Gasteiger partial charge in [-0.3, -0.25) is 4.79 Å². The summed E-state index contributed by atoms with van der Waals surface area (Å²) in [5.74, 6) is 3.42. The molecule has 0 spiro atoms. The molecule has 6 rings (SSSR count). The molecule has 232 valence electrons. The van der Waals surface area contributed by atoms with Crippen LogP contribution < -0.4 is 24.8 Å². The van der Waals surface area contributed by atoms with Gasteiger partial charge in [0.2, 0.25) is 0 Å². The molecule has 10 nitrogen and oxygen atoms in total. The number of ether oxygens (including phenoxy) is 3. The van der Waals surface area contributed by atoms with Crippen molar-refractivity contribution in [2.24, 2.45) is 0 Å². The monoisotopic (exact) mass is 622 g/mol. The van der Waals surface area contributed by atoms with E-state index in [2.05, 4.69) is 15.6 Å². The predicted octanol–water partition coefficient (Wildman–Crippen LogP) is 7.47. The maximum absolute atomic E-state index is 12.1. The minimum atomic E-state index is -0.457. The summed E-state index contributed by atoms with van der Waals surface area (Å²) in [5.41, 5.74) is 2.99. The Morgan fingerprint density at radius 2 is 1.57 bits per heavy atom. The fraction of sp³-hybridized carbons (Fsp3) is 0.0811. The highest BCUT2D eigenvalue weighted by atomic mass is 16.5. The number of nitriles is 1. The zero-order valence-electron chi connectivity index (χ0n) is 25.7. The van der Waals surface area contributed by atoms with E-state index < -0.39 is 5.91 Å². The van der Waals surface area contributed by atoms with Crippen LogP contribution in [0.3, 0.4) is 0 Å². The second-order valence-electron chi connectivity index (χ2n) is 10.4. The first-order chi connectivity index (χ1) is 23.0. The molecular formula is C37H30N6O4. The van der Waals surface area contributed by atoms with E-state index in [1.54, 1.807) is 19.4 Å². The van der Waals surface area contributed by atoms with Crippen LogP contribution in [0.2, 0.25) is 0 Å². The molecule has 47 heavy (non-hydrogen) atoms. The van der Waals surface area contributed by atoms with Crippen LogP contribution in [0.5, 0.6) is 28.7 Å². The minimum Gasteiger partial charge on any atom is -0.497 e. The quantitative estimate of drug-likeness (QED) is 0.113. The normalized spacial score (nSPS) is 11.0. The van der Waals surface area contributed by atoms with Gasteiger partial charge in [0.1, 0.15) is 45.8 Å². The second kappa shape index (κ2) is 14.0. The molecule has 0 saturated heterocycles. The van der Waals surface area contributed by atoms with Gasteiger partial charge in [0.15, 0.2) is 11.5 Å². The summed E-state index contributed by atoms with van der Waals surface area (Å²) in [7, 11) is 3.12. The van der Waals surface area contributed by atoms with Crippen molar-refractivity contribution in [3.8, 4) is 34.8 Å². The molecule has 0 aliphatic heterocycles. The molecule has 2 N–H and O–H groups in total. The molecule has 10 heteroatoms. The maximum Gasteiger partial charge on any atom is 0.261 e. The van der Waals surface area contributed by atoms with Gasteiger partial charge in [-0.25, -0.2) is 9.67 Å². The number of nitrogens with zero attached hydrogens (tertiary/aromatic N) is 4. The highest BCUT2D eigenvalue weighted by Gasteiger charge is 2.18. The largest absolute Gasteiger partial charge is 0.497 e. The Balaban J connectivity index is 1.35. The third-order valence-electron chi connectivity index (χ3n) is 7.17. The molecule has 2 aromatic heterocycles. The highest BCUT2D eigenvalue weighted by Crippen LogP contribution is 2.36. The number of rotatable bonds is 11. The lowest BCUT2D eigenvalue weighted by Gasteiger charge is -2.10. The Morgan fingerprint density at radius 3 is 2.28 bits per heavy atom. The van der Waals surface area contributed by atoms with Crippen molar-refractivity contribution in [3.63, 3.8) is 0 Å². The van der Waals surface area contributed by atoms with Crippen LogP contribution in [-0.4, -0.2) is 34.8 Å². The first-order valence-electron chi connectivity index (χ1n) is 14.7. The lowest BCUT2D eigenvalue weighted by Crippen LogP contribution is -2.19. The third-order valence-corrected chi connectivity index (χ3v) is 7.17. The van der Waals surface area contributed by atoms with Gasteiger partial charge in [-0.2, -0.15) is 10.4 Å². The van der Waals surface area contributed by atoms with Gasteiger partial charge in [0, 0.05) is 25.0 Å². The van der Waals surface area contributed by atoms with Gasteiger partial charge < -0.3 is 24.8 Å². The molecule has 4 aromatic carbocycles. The van der Waals surface area contributed by atoms with Gasteiger partial charge in [0.25, 0.3) is 5.91 Å². The van der Waals surface area contributed by atoms with E-state index in [1.165, 1.54) is 13.1 Å². The molecule has 1 amide bonds. The first kappa shape index (κ1) is 30.4. The number of para-hydroxylation sites is 1. The molecule has 0 radical (unpaired) electrons. The Kier molecular flexibility index (Phi) is 9.07. The van der Waals surface area contributed by atoms with Crippen LogP contribution in [0.4, 0.5) is 11.5 Å². The van der Waals surface area contributed by atoms with Gasteiger partial charge in [0.05, 0.1) is 13.7 Å². The Labute approximate surface area is 271 Å². The summed E-state index contributed by atoms with van der Waals surface area (Å²) < 4.78 is 19.5. The first-order valence-corrected chi connectivity index (χ1v) is 14.7. The molecule has 0 fully saturated rings. The van der Waals surface area contributed by atoms with Crippen LogP contribution in [0.25, 0.3) is 17.1 Å². The number of aromatic nitrogens is 3. The van der Waals surface area contributed by atoms with E-state index in [0.29, 0.717) is 51.9 Å². The smallest absolute Gasteiger partial charge is 0.261 e. The van der Waals surface area contributed by atoms with E-state index in [-0.39, 0.29) is 5.57 Å². The highest BCUT2D eigenvalue weighted by molar-refractivity contribution is 6.01. The van der Waals surface area contributed by atoms with Crippen LogP contribution in [-0.2, 0) is 11.3 Å². The standard InChI is InChI=1S/C37H30N6O4/c1-39-37(44)27(23-38)21-26-7-6-8-28(22-26)41-35-34-33(47-32-17-15-31(16-18-32)46-30-9-4-3-5-10-30)19-20-40-36(34)43(42-35)24-25-11-13-29(45-2)14-12-25/h3-22H,24H2,1-2H3,(H,39,44)(H,41,42). The molecule has 6 aromatic rings. The van der Waals surface area contributed by atoms with Gasteiger partial charge >= 0.3 is 0 Å². The number of methoxy groups -OCH3 is 1. The Bertz CT molecular complexity index is 2080. The number of nitrogens with one attached hydrogen (secondary N) is 2. The summed E-state index contributed by atoms with van der Waals surface area (Å²) in [4.78, 5) is 16.8. The van der Waals surface area contributed by atoms with Crippen LogP contribution in [0.15, 0.2) is 121 Å². The number of amides is 1. The second-order valence-corrected chi connectivity index (χ2v) is 10.4. The van der Waals surface area contributed by atoms with Crippen molar-refractivity contribution in [2.45, 2.75) is 6.54 Å². The molecule has 0 aliphatic carbocycles. The summed E-state index contributed by atoms with van der Waals surface area (Å²) in [6.07, 6.45) is 3.22. The van der Waals surface area contributed by atoms with Crippen molar-refractivity contribution < 1.29 is 19.0 Å². The number of likely N-dealkylation sites (N-methyl/N-ethyl adjacent to an activating group) is 1. The summed E-state index contributed by atoms with van der Waals surface area (Å²) in [6, 6.07) is 35.8. The van der Waals surface area contributed by atoms with Crippen LogP contribution >= 0.6 is 0 Å². The number of fused-ring (bicyclic) bond motifs is 1. The number of anilines is 2. The number of hydrogen-bond acceptors (Lipinski definition) is 8. The topological polar surface area (TPSA) is 123 Å². The molecule has 0 bridgehead atoms. The van der Waals surface area contributed by atoms with Crippen molar-refractivity contribution in [1.29, 1.82) is 5.26 Å². The van der Waals surface area contributed by atoms with E-state index in [1.807, 2.05) is 114 Å². The fourth-order valence-corrected chi connectivity index (χ4v) is 4.88. The Hall–Kier alpha value is -6.60. The van der Waals surface area contributed by atoms with E-state index >= 15 is 0 Å². The van der Waals surface area contributed by atoms with Gasteiger partial charge in [-0.05, 0) is 77.9 Å². The van der Waals surface area contributed by atoms with Crippen molar-refractivity contribution in [2.75, 3.05) is 19.5 Å². The number of pyridine rings is 1. The van der Waals surface area contributed by atoms with Crippen LogP contribution in [0, 0.1) is 11.3 Å². The number of carbonyl (C=O) groups excluding carboxylic acids is 1. The predicted molar refractivity (Wildman–Crippen MR) is 180 cm³/mol. The SMILES string of the molecule is CNC(=O)C(C#N)=Cc1cccc(Nc2nn(Cc3ccc(OC)cc3)c3nccc(Oc4ccc(Oc5ccccc5)cc4)c23)c1. The van der Waals surface area contributed by atoms with Crippen molar-refractivity contribution >= 4 is 34.5 Å².